The zero-order valence-electron chi connectivity index (χ0n) is 19.8. The van der Waals surface area contributed by atoms with Gasteiger partial charge in [-0.05, 0) is 57.1 Å². The average Bonchev–Trinajstić information content (AvgIpc) is 2.98. The molecule has 0 aliphatic carbocycles. The minimum atomic E-state index is -0.250. The molecule has 0 radical (unpaired) electrons. The number of hydrogen-bond acceptors (Lipinski definition) is 6. The Hall–Kier alpha value is -2.11. The van der Waals surface area contributed by atoms with Gasteiger partial charge in [-0.1, -0.05) is 44.8 Å². The largest absolute Gasteiger partial charge is 0.357 e. The van der Waals surface area contributed by atoms with E-state index in [2.05, 4.69) is 24.8 Å². The van der Waals surface area contributed by atoms with Crippen LogP contribution in [-0.2, 0) is 11.3 Å². The highest BCUT2D eigenvalue weighted by Crippen LogP contribution is 2.38. The molecule has 172 valence electrons. The number of carbonyl (C=O) groups is 1. The van der Waals surface area contributed by atoms with E-state index in [1.807, 2.05) is 33.8 Å². The molecular formula is C24H32N4O2S2. The van der Waals surface area contributed by atoms with Crippen LogP contribution in [0.2, 0.25) is 0 Å². The minimum absolute atomic E-state index is 0.0264. The van der Waals surface area contributed by atoms with E-state index in [4.69, 9.17) is 12.2 Å². The van der Waals surface area contributed by atoms with Gasteiger partial charge in [-0.2, -0.15) is 5.26 Å². The Balaban J connectivity index is 2.28. The van der Waals surface area contributed by atoms with Crippen molar-refractivity contribution in [2.24, 2.45) is 11.8 Å². The topological polar surface area (TPSA) is 69.3 Å². The number of rotatable bonds is 5. The molecule has 8 heteroatoms. The maximum atomic E-state index is 13.3. The maximum absolute atomic E-state index is 13.3. The molecule has 3 heterocycles. The maximum Gasteiger partial charge on any atom is 0.270 e. The first kappa shape index (κ1) is 24.5. The molecule has 0 N–H and O–H groups in total. The standard InChI is InChI=1S/C24H32N4O2S2/c1-7-8-27-21(26-12-15(4)9-16(5)13-26)18(17(6)19(11-25)22(27)29)10-20-23(30)28(14(2)3)24(31)32-20/h10,14-16H,7-9,12-13H2,1-6H3. The molecule has 2 unspecified atom stereocenters. The first-order valence-corrected chi connectivity index (χ1v) is 12.5. The van der Waals surface area contributed by atoms with Crippen LogP contribution in [0.15, 0.2) is 9.70 Å². The summed E-state index contributed by atoms with van der Waals surface area (Å²) in [6, 6.07) is 2.09. The molecule has 2 saturated heterocycles. The van der Waals surface area contributed by atoms with Gasteiger partial charge in [0.2, 0.25) is 0 Å². The van der Waals surface area contributed by atoms with Gasteiger partial charge in [-0.15, -0.1) is 0 Å². The first-order valence-electron chi connectivity index (χ1n) is 11.3. The molecule has 2 aliphatic rings. The van der Waals surface area contributed by atoms with Crippen molar-refractivity contribution >= 4 is 46.1 Å². The third-order valence-corrected chi connectivity index (χ3v) is 7.41. The molecule has 6 nitrogen and oxygen atoms in total. The summed E-state index contributed by atoms with van der Waals surface area (Å²) in [4.78, 5) is 30.8. The number of thioether (sulfide) groups is 1. The molecule has 1 amide bonds. The minimum Gasteiger partial charge on any atom is -0.357 e. The number of hydrogen-bond donors (Lipinski definition) is 0. The molecule has 0 saturated carbocycles. The number of carbonyl (C=O) groups excluding carboxylic acids is 1. The molecular weight excluding hydrogens is 440 g/mol. The van der Waals surface area contributed by atoms with Crippen LogP contribution in [0.5, 0.6) is 0 Å². The smallest absolute Gasteiger partial charge is 0.270 e. The number of thiocarbonyl (C=S) groups is 1. The van der Waals surface area contributed by atoms with E-state index in [1.165, 1.54) is 11.8 Å². The lowest BCUT2D eigenvalue weighted by Gasteiger charge is -2.39. The summed E-state index contributed by atoms with van der Waals surface area (Å²) in [6.45, 7) is 14.4. The molecule has 1 aromatic rings. The normalized spacial score (nSPS) is 22.9. The third kappa shape index (κ3) is 4.51. The number of piperidine rings is 1. The van der Waals surface area contributed by atoms with E-state index in [0.29, 0.717) is 33.2 Å². The summed E-state index contributed by atoms with van der Waals surface area (Å²) >= 11 is 6.74. The van der Waals surface area contributed by atoms with Crippen LogP contribution in [0.25, 0.3) is 6.08 Å². The molecule has 2 aliphatic heterocycles. The SMILES string of the molecule is CCCn1c(N2CC(C)CC(C)C2)c(C=C2SC(=S)N(C(C)C)C2=O)c(C)c(C#N)c1=O. The van der Waals surface area contributed by atoms with Crippen molar-refractivity contribution in [3.05, 3.63) is 31.9 Å². The van der Waals surface area contributed by atoms with Crippen molar-refractivity contribution in [3.8, 4) is 6.07 Å². The monoisotopic (exact) mass is 472 g/mol. The van der Waals surface area contributed by atoms with Gasteiger partial charge in [0.25, 0.3) is 11.5 Å². The second kappa shape index (κ2) is 9.80. The average molecular weight is 473 g/mol. The number of amides is 1. The van der Waals surface area contributed by atoms with E-state index >= 15 is 0 Å². The van der Waals surface area contributed by atoms with Crippen molar-refractivity contribution in [2.45, 2.75) is 67.0 Å². The zero-order valence-corrected chi connectivity index (χ0v) is 21.4. The van der Waals surface area contributed by atoms with Gasteiger partial charge in [0.15, 0.2) is 0 Å². The van der Waals surface area contributed by atoms with Crippen molar-refractivity contribution in [1.82, 2.24) is 9.47 Å². The highest BCUT2D eigenvalue weighted by Gasteiger charge is 2.35. The highest BCUT2D eigenvalue weighted by molar-refractivity contribution is 8.26. The molecule has 32 heavy (non-hydrogen) atoms. The van der Waals surface area contributed by atoms with Gasteiger partial charge in [0.1, 0.15) is 21.8 Å². The molecule has 1 aromatic heterocycles. The molecule has 2 fully saturated rings. The fourth-order valence-corrected chi connectivity index (χ4v) is 6.31. The van der Waals surface area contributed by atoms with Gasteiger partial charge in [0, 0.05) is 31.2 Å². The fourth-order valence-electron chi connectivity index (χ4n) is 4.81. The second-order valence-corrected chi connectivity index (χ2v) is 11.0. The zero-order chi connectivity index (χ0) is 23.7. The third-order valence-electron chi connectivity index (χ3n) is 6.08. The van der Waals surface area contributed by atoms with Gasteiger partial charge >= 0.3 is 0 Å². The summed E-state index contributed by atoms with van der Waals surface area (Å²) in [5, 5.41) is 9.77. The molecule has 0 aromatic carbocycles. The Labute approximate surface area is 200 Å². The number of pyridine rings is 1. The Morgan fingerprint density at radius 3 is 2.38 bits per heavy atom. The van der Waals surface area contributed by atoms with Crippen molar-refractivity contribution in [1.29, 1.82) is 5.26 Å². The lowest BCUT2D eigenvalue weighted by molar-refractivity contribution is -0.123. The van der Waals surface area contributed by atoms with E-state index in [0.717, 1.165) is 37.3 Å². The van der Waals surface area contributed by atoms with Crippen molar-refractivity contribution in [2.75, 3.05) is 18.0 Å². The second-order valence-electron chi connectivity index (χ2n) is 9.30. The number of aromatic nitrogens is 1. The van der Waals surface area contributed by atoms with Crippen LogP contribution in [-0.4, -0.2) is 38.8 Å². The van der Waals surface area contributed by atoms with Gasteiger partial charge in [-0.3, -0.25) is 19.1 Å². The van der Waals surface area contributed by atoms with E-state index in [-0.39, 0.29) is 23.1 Å². The number of anilines is 1. The van der Waals surface area contributed by atoms with Crippen LogP contribution in [0, 0.1) is 30.1 Å². The van der Waals surface area contributed by atoms with Crippen LogP contribution in [0.4, 0.5) is 5.82 Å². The van der Waals surface area contributed by atoms with Gasteiger partial charge in [0.05, 0.1) is 4.91 Å². The van der Waals surface area contributed by atoms with Crippen LogP contribution in [0.1, 0.15) is 64.2 Å². The predicted octanol–water partition coefficient (Wildman–Crippen LogP) is 4.53. The van der Waals surface area contributed by atoms with E-state index in [1.54, 1.807) is 9.47 Å². The Morgan fingerprint density at radius 2 is 1.88 bits per heavy atom. The van der Waals surface area contributed by atoms with Crippen LogP contribution < -0.4 is 10.5 Å². The number of nitrogens with zero attached hydrogens (tertiary/aromatic N) is 4. The Bertz CT molecular complexity index is 1060. The summed E-state index contributed by atoms with van der Waals surface area (Å²) in [6.07, 6.45) is 3.77. The van der Waals surface area contributed by atoms with Crippen molar-refractivity contribution in [3.63, 3.8) is 0 Å². The fraction of sp³-hybridized carbons (Fsp3) is 0.583. The first-order chi connectivity index (χ1) is 15.1. The van der Waals surface area contributed by atoms with Crippen LogP contribution >= 0.6 is 24.0 Å². The summed E-state index contributed by atoms with van der Waals surface area (Å²) < 4.78 is 2.28. The summed E-state index contributed by atoms with van der Waals surface area (Å²) in [5.74, 6) is 1.69. The van der Waals surface area contributed by atoms with Gasteiger partial charge < -0.3 is 4.90 Å². The lowest BCUT2D eigenvalue weighted by atomic mass is 9.91. The number of nitriles is 1. The van der Waals surface area contributed by atoms with Crippen LogP contribution in [0.3, 0.4) is 0 Å². The summed E-state index contributed by atoms with van der Waals surface area (Å²) in [7, 11) is 0. The molecule has 3 rings (SSSR count). The summed E-state index contributed by atoms with van der Waals surface area (Å²) in [5.41, 5.74) is 1.30. The lowest BCUT2D eigenvalue weighted by Crippen LogP contribution is -2.43. The highest BCUT2D eigenvalue weighted by atomic mass is 32.2. The molecule has 2 atom stereocenters. The van der Waals surface area contributed by atoms with Gasteiger partial charge in [-0.25, -0.2) is 0 Å². The molecule has 0 spiro atoms. The van der Waals surface area contributed by atoms with Crippen molar-refractivity contribution < 1.29 is 4.79 Å². The Kier molecular flexibility index (Phi) is 7.51. The van der Waals surface area contributed by atoms with E-state index in [9.17, 15) is 14.9 Å². The predicted molar refractivity (Wildman–Crippen MR) is 136 cm³/mol. The van der Waals surface area contributed by atoms with E-state index < -0.39 is 0 Å². The molecule has 0 bridgehead atoms. The Morgan fingerprint density at radius 1 is 1.25 bits per heavy atom. The quantitative estimate of drug-likeness (QED) is 0.463.